The second-order valence-electron chi connectivity index (χ2n) is 5.93. The van der Waals surface area contributed by atoms with E-state index in [9.17, 15) is 4.79 Å². The van der Waals surface area contributed by atoms with Gasteiger partial charge in [-0.2, -0.15) is 14.5 Å². The van der Waals surface area contributed by atoms with Crippen LogP contribution in [-0.4, -0.2) is 29.6 Å². The molecule has 0 radical (unpaired) electrons. The third-order valence-electron chi connectivity index (χ3n) is 4.10. The minimum Gasteiger partial charge on any atom is -0.487 e. The van der Waals surface area contributed by atoms with E-state index in [1.807, 2.05) is 11.6 Å². The highest BCUT2D eigenvalue weighted by Gasteiger charge is 2.29. The Labute approximate surface area is 139 Å². The summed E-state index contributed by atoms with van der Waals surface area (Å²) in [6.07, 6.45) is 3.76. The molecule has 3 aromatic rings. The number of rotatable bonds is 5. The number of aryl methyl sites for hydroxylation is 2. The van der Waals surface area contributed by atoms with Crippen molar-refractivity contribution in [2.24, 2.45) is 7.05 Å². The molecule has 0 saturated heterocycles. The number of benzene rings is 1. The van der Waals surface area contributed by atoms with Gasteiger partial charge >= 0.3 is 5.69 Å². The molecule has 0 bridgehead atoms. The fourth-order valence-corrected chi connectivity index (χ4v) is 2.60. The van der Waals surface area contributed by atoms with Gasteiger partial charge in [0.15, 0.2) is 0 Å². The van der Waals surface area contributed by atoms with Gasteiger partial charge < -0.3 is 4.74 Å². The van der Waals surface area contributed by atoms with Crippen molar-refractivity contribution in [3.8, 4) is 11.4 Å². The first-order valence-electron chi connectivity index (χ1n) is 8.30. The lowest BCUT2D eigenvalue weighted by Crippen LogP contribution is -2.23. The van der Waals surface area contributed by atoms with Crippen LogP contribution in [0.3, 0.4) is 0 Å². The lowest BCUT2D eigenvalue weighted by molar-refractivity contribution is 0.289. The summed E-state index contributed by atoms with van der Waals surface area (Å²) < 4.78 is 17.9. The summed E-state index contributed by atoms with van der Waals surface area (Å²) >= 11 is 0. The third kappa shape index (κ3) is 2.49. The van der Waals surface area contributed by atoms with Gasteiger partial charge in [0.1, 0.15) is 23.7 Å². The highest BCUT2D eigenvalue weighted by Crippen LogP contribution is 2.36. The smallest absolute Gasteiger partial charge is 0.368 e. The normalized spacial score (nSPS) is 14.7. The van der Waals surface area contributed by atoms with Gasteiger partial charge in [0.25, 0.3) is 0 Å². The number of tetrazole rings is 1. The van der Waals surface area contributed by atoms with Crippen LogP contribution in [0.2, 0.25) is 0 Å². The zero-order valence-corrected chi connectivity index (χ0v) is 13.5. The molecule has 1 aliphatic carbocycles. The van der Waals surface area contributed by atoms with E-state index in [2.05, 4.69) is 15.5 Å². The van der Waals surface area contributed by atoms with Gasteiger partial charge in [-0.1, -0.05) is 18.2 Å². The minimum atomic E-state index is -0.327. The molecule has 8 heteroatoms. The van der Waals surface area contributed by atoms with Gasteiger partial charge in [-0.3, -0.25) is 4.68 Å². The Kier molecular flexibility index (Phi) is 3.17. The molecule has 124 valence electrons. The number of aromatic nitrogens is 6. The molecule has 2 heterocycles. The van der Waals surface area contributed by atoms with Gasteiger partial charge in [0.2, 0.25) is 0 Å². The molecule has 0 atom stereocenters. The van der Waals surface area contributed by atoms with Crippen LogP contribution in [0.5, 0.6) is 5.75 Å². The molecule has 2 aromatic heterocycles. The van der Waals surface area contributed by atoms with Crippen molar-refractivity contribution < 1.29 is 6.11 Å². The maximum Gasteiger partial charge on any atom is 0.368 e. The molecular formula is C16H18N6O2. The summed E-state index contributed by atoms with van der Waals surface area (Å²) in [5.74, 6) is 0.706. The molecule has 0 amide bonds. The van der Waals surface area contributed by atoms with E-state index in [-0.39, 0.29) is 12.3 Å². The molecule has 1 saturated carbocycles. The molecule has 4 rings (SSSR count). The first-order valence-corrected chi connectivity index (χ1v) is 7.80. The van der Waals surface area contributed by atoms with Crippen LogP contribution in [0, 0.1) is 6.92 Å². The number of ether oxygens (including phenoxy) is 1. The maximum absolute atomic E-state index is 12.2. The van der Waals surface area contributed by atoms with Crippen molar-refractivity contribution in [3.05, 3.63) is 52.2 Å². The highest BCUT2D eigenvalue weighted by molar-refractivity contribution is 5.36. The van der Waals surface area contributed by atoms with Crippen LogP contribution >= 0.6 is 0 Å². The summed E-state index contributed by atoms with van der Waals surface area (Å²) in [6, 6.07) is 6.01. The first kappa shape index (κ1) is 13.5. The Morgan fingerprint density at radius 3 is 2.88 bits per heavy atom. The second-order valence-corrected chi connectivity index (χ2v) is 5.93. The Hall–Kier alpha value is -2.90. The number of hydrogen-bond acceptors (Lipinski definition) is 5. The summed E-state index contributed by atoms with van der Waals surface area (Å²) in [5.41, 5.74) is 1.94. The second kappa shape index (κ2) is 5.63. The van der Waals surface area contributed by atoms with Crippen LogP contribution in [0.15, 0.2) is 35.2 Å². The van der Waals surface area contributed by atoms with Gasteiger partial charge in [-0.15, -0.1) is 0 Å². The fourth-order valence-electron chi connectivity index (χ4n) is 2.60. The summed E-state index contributed by atoms with van der Waals surface area (Å²) in [5, 5.41) is 12.1. The van der Waals surface area contributed by atoms with Gasteiger partial charge in [-0.25, -0.2) is 4.79 Å². The molecule has 8 nitrogen and oxygen atoms in total. The average molecular weight is 328 g/mol. The minimum absolute atomic E-state index is 0.257. The Morgan fingerprint density at radius 1 is 1.38 bits per heavy atom. The Morgan fingerprint density at radius 2 is 2.21 bits per heavy atom. The van der Waals surface area contributed by atoms with Crippen molar-refractivity contribution in [3.63, 3.8) is 0 Å². The SMILES string of the molecule is [3H]c1ccc(OCc2c(-n3nnn(C)c3=O)cnn2C2CC2)c(C)c1. The van der Waals surface area contributed by atoms with Crippen molar-refractivity contribution in [1.82, 2.24) is 29.6 Å². The van der Waals surface area contributed by atoms with E-state index in [4.69, 9.17) is 6.11 Å². The molecule has 0 spiro atoms. The monoisotopic (exact) mass is 328 g/mol. The topological polar surface area (TPSA) is 79.8 Å². The number of nitrogens with zero attached hydrogens (tertiary/aromatic N) is 6. The molecule has 1 aliphatic rings. The molecule has 1 fully saturated rings. The van der Waals surface area contributed by atoms with Crippen LogP contribution in [0.25, 0.3) is 5.69 Å². The lowest BCUT2D eigenvalue weighted by atomic mass is 10.2. The molecule has 1 aromatic carbocycles. The van der Waals surface area contributed by atoms with E-state index < -0.39 is 0 Å². The molecule has 0 aliphatic heterocycles. The van der Waals surface area contributed by atoms with E-state index >= 15 is 0 Å². The molecular weight excluding hydrogens is 308 g/mol. The van der Waals surface area contributed by atoms with Gasteiger partial charge in [0, 0.05) is 7.05 Å². The van der Waals surface area contributed by atoms with E-state index in [1.54, 1.807) is 31.4 Å². The van der Waals surface area contributed by atoms with E-state index in [0.717, 1.165) is 24.1 Å². The highest BCUT2D eigenvalue weighted by atomic mass is 16.5. The molecule has 24 heavy (non-hydrogen) atoms. The zero-order chi connectivity index (χ0) is 17.6. The van der Waals surface area contributed by atoms with Crippen molar-refractivity contribution in [1.29, 1.82) is 0 Å². The predicted octanol–water partition coefficient (Wildman–Crippen LogP) is 1.38. The number of para-hydroxylation sites is 1. The fraction of sp³-hybridized carbons (Fsp3) is 0.375. The lowest BCUT2D eigenvalue weighted by Gasteiger charge is -2.11. The van der Waals surface area contributed by atoms with E-state index in [1.165, 1.54) is 9.36 Å². The van der Waals surface area contributed by atoms with Crippen molar-refractivity contribution in [2.45, 2.75) is 32.4 Å². The van der Waals surface area contributed by atoms with Crippen LogP contribution < -0.4 is 10.4 Å². The van der Waals surface area contributed by atoms with E-state index in [0.29, 0.717) is 23.5 Å². The molecule has 0 N–H and O–H groups in total. The van der Waals surface area contributed by atoms with Crippen LogP contribution in [-0.2, 0) is 13.7 Å². The maximum atomic E-state index is 12.2. The summed E-state index contributed by atoms with van der Waals surface area (Å²) in [6.45, 7) is 2.16. The molecule has 0 unspecified atom stereocenters. The largest absolute Gasteiger partial charge is 0.487 e. The Bertz CT molecular complexity index is 985. The Balaban J connectivity index is 1.69. The van der Waals surface area contributed by atoms with Crippen LogP contribution in [0.1, 0.15) is 31.5 Å². The van der Waals surface area contributed by atoms with Crippen molar-refractivity contribution >= 4 is 0 Å². The van der Waals surface area contributed by atoms with Gasteiger partial charge in [0.05, 0.1) is 13.6 Å². The van der Waals surface area contributed by atoms with Crippen molar-refractivity contribution in [2.75, 3.05) is 0 Å². The van der Waals surface area contributed by atoms with Crippen LogP contribution in [0.4, 0.5) is 0 Å². The van der Waals surface area contributed by atoms with Gasteiger partial charge in [-0.05, 0) is 41.8 Å². The third-order valence-corrected chi connectivity index (χ3v) is 4.10. The average Bonchev–Trinajstić information content (AvgIpc) is 3.27. The predicted molar refractivity (Wildman–Crippen MR) is 86.2 cm³/mol. The quantitative estimate of drug-likeness (QED) is 0.707. The zero-order valence-electron chi connectivity index (χ0n) is 14.5. The summed E-state index contributed by atoms with van der Waals surface area (Å²) in [7, 11) is 1.55. The number of hydrogen-bond donors (Lipinski definition) is 0. The summed E-state index contributed by atoms with van der Waals surface area (Å²) in [4.78, 5) is 12.2. The standard InChI is InChI=1S/C16H18N6O2/c1-11-5-3-4-6-15(11)24-10-14-13(9-17-21(14)12-7-8-12)22-16(23)20(2)18-19-22/h3-6,9,12H,7-8,10H2,1-2H3/i3T. The first-order chi connectivity index (χ1) is 12.0.